The van der Waals surface area contributed by atoms with Crippen LogP contribution in [0.4, 0.5) is 5.82 Å². The first-order valence-electron chi connectivity index (χ1n) is 13.1. The van der Waals surface area contributed by atoms with E-state index in [1.807, 2.05) is 29.2 Å². The Morgan fingerprint density at radius 3 is 2.74 bits per heavy atom. The molecule has 2 aromatic heterocycles. The molecule has 5 heterocycles. The lowest BCUT2D eigenvalue weighted by molar-refractivity contribution is 0.224. The number of aliphatic imine (C=N–C) groups is 1. The number of fused-ring (bicyclic) bond motifs is 1. The smallest absolute Gasteiger partial charge is 0.191 e. The van der Waals surface area contributed by atoms with E-state index in [0.29, 0.717) is 18.7 Å². The second-order valence-electron chi connectivity index (χ2n) is 9.42. The molecule has 2 aromatic rings. The zero-order valence-electron chi connectivity index (χ0n) is 22.0. The number of allylic oxidation sites excluding steroid dienone is 2. The molecule has 0 aliphatic carbocycles. The Labute approximate surface area is 223 Å². The van der Waals surface area contributed by atoms with Gasteiger partial charge in [-0.3, -0.25) is 9.58 Å². The quantitative estimate of drug-likeness (QED) is 0.556. The fourth-order valence-electron chi connectivity index (χ4n) is 4.79. The molecule has 0 saturated carbocycles. The fourth-order valence-corrected chi connectivity index (χ4v) is 4.79. The van der Waals surface area contributed by atoms with Crippen molar-refractivity contribution in [1.29, 1.82) is 5.26 Å². The SMILES string of the molecule is CCCOC1=CCn2ncc(C#N)c2C(c2ccc(N3CCN(CC4=CN=C(OC)CC=C4)CC3)nc2)=C1. The maximum atomic E-state index is 9.70. The van der Waals surface area contributed by atoms with Crippen molar-refractivity contribution in [1.82, 2.24) is 19.7 Å². The van der Waals surface area contributed by atoms with E-state index in [-0.39, 0.29) is 0 Å². The van der Waals surface area contributed by atoms with Crippen LogP contribution < -0.4 is 4.90 Å². The van der Waals surface area contributed by atoms with Crippen LogP contribution in [-0.2, 0) is 16.0 Å². The number of nitrogens with zero attached hydrogens (tertiary/aromatic N) is 7. The predicted molar refractivity (Wildman–Crippen MR) is 148 cm³/mol. The molecule has 0 N–H and O–H groups in total. The van der Waals surface area contributed by atoms with Crippen molar-refractivity contribution in [2.24, 2.45) is 4.99 Å². The highest BCUT2D eigenvalue weighted by Crippen LogP contribution is 2.30. The van der Waals surface area contributed by atoms with E-state index in [0.717, 1.165) is 79.9 Å². The average molecular weight is 512 g/mol. The largest absolute Gasteiger partial charge is 0.494 e. The molecule has 196 valence electrons. The minimum atomic E-state index is 0.546. The van der Waals surface area contributed by atoms with Crippen molar-refractivity contribution in [2.75, 3.05) is 51.3 Å². The predicted octanol–water partition coefficient (Wildman–Crippen LogP) is 3.92. The molecule has 0 radical (unpaired) electrons. The molecule has 1 fully saturated rings. The van der Waals surface area contributed by atoms with Crippen LogP contribution in [0.2, 0.25) is 0 Å². The standard InChI is InChI=1S/C29H33N7O2/c1-3-15-38-25-9-10-36-29(24(17-30)20-33-36)26(16-25)23-7-8-27(31-19-23)35-13-11-34(12-14-35)21-22-5-4-6-28(37-2)32-18-22/h4-5,7-9,16,18-20H,3,6,10-15,21H2,1-2H3. The second-order valence-corrected chi connectivity index (χ2v) is 9.42. The van der Waals surface area contributed by atoms with Crippen molar-refractivity contribution in [3.05, 3.63) is 83.2 Å². The second kappa shape index (κ2) is 11.9. The van der Waals surface area contributed by atoms with Crippen LogP contribution in [0.5, 0.6) is 0 Å². The molecule has 0 aromatic carbocycles. The first kappa shape index (κ1) is 25.5. The van der Waals surface area contributed by atoms with Crippen LogP contribution in [0, 0.1) is 11.3 Å². The molecule has 38 heavy (non-hydrogen) atoms. The Bertz CT molecular complexity index is 1330. The topological polar surface area (TPSA) is 91.8 Å². The normalized spacial score (nSPS) is 17.8. The summed E-state index contributed by atoms with van der Waals surface area (Å²) in [6.07, 6.45) is 15.3. The first-order valence-corrected chi connectivity index (χ1v) is 13.1. The number of ether oxygens (including phenoxy) is 2. The lowest BCUT2D eigenvalue weighted by Gasteiger charge is -2.35. The number of nitriles is 1. The van der Waals surface area contributed by atoms with Gasteiger partial charge in [-0.1, -0.05) is 19.1 Å². The summed E-state index contributed by atoms with van der Waals surface area (Å²) < 4.78 is 13.1. The molecule has 3 aliphatic rings. The molecule has 1 saturated heterocycles. The van der Waals surface area contributed by atoms with E-state index in [1.165, 1.54) is 5.57 Å². The van der Waals surface area contributed by atoms with Gasteiger partial charge in [-0.2, -0.15) is 10.4 Å². The van der Waals surface area contributed by atoms with Gasteiger partial charge in [0.05, 0.1) is 37.7 Å². The summed E-state index contributed by atoms with van der Waals surface area (Å²) in [6.45, 7) is 7.86. The van der Waals surface area contributed by atoms with Crippen molar-refractivity contribution in [3.63, 3.8) is 0 Å². The maximum absolute atomic E-state index is 9.70. The summed E-state index contributed by atoms with van der Waals surface area (Å²) in [7, 11) is 1.66. The molecular weight excluding hydrogens is 478 g/mol. The van der Waals surface area contributed by atoms with Crippen molar-refractivity contribution < 1.29 is 9.47 Å². The zero-order chi connectivity index (χ0) is 26.3. The van der Waals surface area contributed by atoms with E-state index in [4.69, 9.17) is 14.5 Å². The minimum Gasteiger partial charge on any atom is -0.494 e. The number of hydrogen-bond donors (Lipinski definition) is 0. The molecule has 9 nitrogen and oxygen atoms in total. The third-order valence-corrected chi connectivity index (χ3v) is 6.84. The van der Waals surface area contributed by atoms with E-state index >= 15 is 0 Å². The molecule has 0 unspecified atom stereocenters. The molecule has 3 aliphatic heterocycles. The van der Waals surface area contributed by atoms with Gasteiger partial charge in [0.25, 0.3) is 0 Å². The maximum Gasteiger partial charge on any atom is 0.191 e. The fraction of sp³-hybridized carbons (Fsp3) is 0.379. The van der Waals surface area contributed by atoms with Gasteiger partial charge in [-0.05, 0) is 36.3 Å². The van der Waals surface area contributed by atoms with Gasteiger partial charge in [-0.25, -0.2) is 9.98 Å². The van der Waals surface area contributed by atoms with Gasteiger partial charge < -0.3 is 14.4 Å². The van der Waals surface area contributed by atoms with Crippen LogP contribution in [0.15, 0.2) is 71.4 Å². The van der Waals surface area contributed by atoms with E-state index in [1.54, 1.807) is 13.3 Å². The highest BCUT2D eigenvalue weighted by molar-refractivity contribution is 5.82. The molecule has 0 amide bonds. The Morgan fingerprint density at radius 1 is 1.13 bits per heavy atom. The number of aromatic nitrogens is 3. The number of anilines is 1. The highest BCUT2D eigenvalue weighted by Gasteiger charge is 2.22. The van der Waals surface area contributed by atoms with Crippen molar-refractivity contribution in [2.45, 2.75) is 26.3 Å². The molecule has 0 spiro atoms. The van der Waals surface area contributed by atoms with Gasteiger partial charge in [0.2, 0.25) is 0 Å². The van der Waals surface area contributed by atoms with E-state index in [2.05, 4.69) is 57.2 Å². The minimum absolute atomic E-state index is 0.546. The number of rotatable bonds is 7. The summed E-state index contributed by atoms with van der Waals surface area (Å²) >= 11 is 0. The van der Waals surface area contributed by atoms with Crippen molar-refractivity contribution in [3.8, 4) is 6.07 Å². The summed E-state index contributed by atoms with van der Waals surface area (Å²) in [4.78, 5) is 14.0. The van der Waals surface area contributed by atoms with Gasteiger partial charge in [0.1, 0.15) is 17.6 Å². The Morgan fingerprint density at radius 2 is 2.00 bits per heavy atom. The van der Waals surface area contributed by atoms with Gasteiger partial charge >= 0.3 is 0 Å². The summed E-state index contributed by atoms with van der Waals surface area (Å²) in [5.74, 6) is 2.49. The molecule has 5 rings (SSSR count). The summed E-state index contributed by atoms with van der Waals surface area (Å²) in [5, 5.41) is 14.1. The number of hydrogen-bond acceptors (Lipinski definition) is 8. The lowest BCUT2D eigenvalue weighted by Crippen LogP contribution is -2.47. The van der Waals surface area contributed by atoms with Crippen LogP contribution in [0.25, 0.3) is 5.57 Å². The molecule has 0 bridgehead atoms. The lowest BCUT2D eigenvalue weighted by atomic mass is 10.0. The Balaban J connectivity index is 1.28. The Hall–Kier alpha value is -4.16. The molecule has 9 heteroatoms. The average Bonchev–Trinajstić information content (AvgIpc) is 3.11. The van der Waals surface area contributed by atoms with Crippen LogP contribution >= 0.6 is 0 Å². The summed E-state index contributed by atoms with van der Waals surface area (Å²) in [5.41, 5.74) is 4.36. The zero-order valence-corrected chi connectivity index (χ0v) is 22.0. The van der Waals surface area contributed by atoms with E-state index < -0.39 is 0 Å². The monoisotopic (exact) mass is 511 g/mol. The Kier molecular flexibility index (Phi) is 8.00. The van der Waals surface area contributed by atoms with Crippen LogP contribution in [0.3, 0.4) is 0 Å². The van der Waals surface area contributed by atoms with Crippen molar-refractivity contribution >= 4 is 17.3 Å². The van der Waals surface area contributed by atoms with E-state index in [9.17, 15) is 5.26 Å². The summed E-state index contributed by atoms with van der Waals surface area (Å²) in [6, 6.07) is 6.43. The first-order chi connectivity index (χ1) is 18.7. The third-order valence-electron chi connectivity index (χ3n) is 6.84. The number of piperazine rings is 1. The molecular formula is C29H33N7O2. The van der Waals surface area contributed by atoms with Gasteiger partial charge in [0, 0.05) is 62.7 Å². The third kappa shape index (κ3) is 5.71. The van der Waals surface area contributed by atoms with Crippen LogP contribution in [0.1, 0.15) is 36.6 Å². The molecule has 0 atom stereocenters. The highest BCUT2D eigenvalue weighted by atomic mass is 16.5. The number of pyridine rings is 1. The van der Waals surface area contributed by atoms with Gasteiger partial charge in [0.15, 0.2) is 5.90 Å². The van der Waals surface area contributed by atoms with Crippen LogP contribution in [-0.4, -0.2) is 72.0 Å². The number of methoxy groups -OCH3 is 1. The van der Waals surface area contributed by atoms with Gasteiger partial charge in [-0.15, -0.1) is 0 Å².